The van der Waals surface area contributed by atoms with Crippen molar-refractivity contribution in [2.75, 3.05) is 6.79 Å². The van der Waals surface area contributed by atoms with Crippen LogP contribution < -0.4 is 9.47 Å². The SMILES string of the molecule is Sc1ccccc1.c1ccc2c(c1)OCO2. The Balaban J connectivity index is 0.000000125. The highest BCUT2D eigenvalue weighted by atomic mass is 32.1. The normalized spacial score (nSPS) is 11.6. The van der Waals surface area contributed by atoms with Crippen LogP contribution in [0.15, 0.2) is 59.5 Å². The molecule has 0 bridgehead atoms. The van der Waals surface area contributed by atoms with Crippen LogP contribution in [0.4, 0.5) is 0 Å². The van der Waals surface area contributed by atoms with Gasteiger partial charge < -0.3 is 9.47 Å². The number of hydrogen-bond donors (Lipinski definition) is 1. The van der Waals surface area contributed by atoms with Crippen molar-refractivity contribution in [1.29, 1.82) is 0 Å². The van der Waals surface area contributed by atoms with E-state index >= 15 is 0 Å². The number of benzene rings is 2. The highest BCUT2D eigenvalue weighted by Gasteiger charge is 2.09. The van der Waals surface area contributed by atoms with Crippen molar-refractivity contribution in [3.05, 3.63) is 54.6 Å². The van der Waals surface area contributed by atoms with Crippen molar-refractivity contribution < 1.29 is 9.47 Å². The predicted molar refractivity (Wildman–Crippen MR) is 66.3 cm³/mol. The fourth-order valence-electron chi connectivity index (χ4n) is 1.27. The van der Waals surface area contributed by atoms with E-state index in [2.05, 4.69) is 12.6 Å². The van der Waals surface area contributed by atoms with Gasteiger partial charge in [-0.25, -0.2) is 0 Å². The standard InChI is InChI=1S/C7H6O2.C6H6S/c1-2-4-7-6(3-1)8-5-9-7;7-6-4-2-1-3-5-6/h1-4H,5H2;1-5,7H. The monoisotopic (exact) mass is 232 g/mol. The zero-order chi connectivity index (χ0) is 11.2. The molecule has 2 nitrogen and oxygen atoms in total. The largest absolute Gasteiger partial charge is 0.454 e. The summed E-state index contributed by atoms with van der Waals surface area (Å²) in [5.41, 5.74) is 0. The highest BCUT2D eigenvalue weighted by Crippen LogP contribution is 2.30. The van der Waals surface area contributed by atoms with Gasteiger partial charge in [0.25, 0.3) is 0 Å². The second kappa shape index (κ2) is 5.47. The third kappa shape index (κ3) is 2.94. The minimum Gasteiger partial charge on any atom is -0.454 e. The molecule has 16 heavy (non-hydrogen) atoms. The maximum absolute atomic E-state index is 5.08. The van der Waals surface area contributed by atoms with Gasteiger partial charge in [0.2, 0.25) is 6.79 Å². The summed E-state index contributed by atoms with van der Waals surface area (Å²) in [5, 5.41) is 0. The molecule has 2 aromatic carbocycles. The zero-order valence-corrected chi connectivity index (χ0v) is 9.56. The molecule has 1 aliphatic rings. The van der Waals surface area contributed by atoms with Crippen LogP contribution in [0.25, 0.3) is 0 Å². The maximum atomic E-state index is 5.08. The lowest BCUT2D eigenvalue weighted by Crippen LogP contribution is -1.92. The first-order chi connectivity index (χ1) is 7.86. The summed E-state index contributed by atoms with van der Waals surface area (Å²) in [4.78, 5) is 1.02. The molecule has 0 unspecified atom stereocenters. The zero-order valence-electron chi connectivity index (χ0n) is 8.67. The second-order valence-electron chi connectivity index (χ2n) is 3.19. The van der Waals surface area contributed by atoms with E-state index in [1.807, 2.05) is 54.6 Å². The number of para-hydroxylation sites is 2. The average Bonchev–Trinajstić information content (AvgIpc) is 2.79. The summed E-state index contributed by atoms with van der Waals surface area (Å²) in [6.07, 6.45) is 0. The Kier molecular flexibility index (Phi) is 3.72. The first kappa shape index (κ1) is 10.9. The first-order valence-electron chi connectivity index (χ1n) is 4.95. The van der Waals surface area contributed by atoms with Crippen LogP contribution in [0.2, 0.25) is 0 Å². The van der Waals surface area contributed by atoms with Crippen LogP contribution in [0.5, 0.6) is 11.5 Å². The Labute approximate surface area is 100 Å². The van der Waals surface area contributed by atoms with E-state index < -0.39 is 0 Å². The molecule has 2 aromatic rings. The molecule has 0 aromatic heterocycles. The van der Waals surface area contributed by atoms with Crippen LogP contribution in [-0.2, 0) is 0 Å². The molecule has 1 heterocycles. The van der Waals surface area contributed by atoms with Gasteiger partial charge in [0, 0.05) is 4.90 Å². The number of fused-ring (bicyclic) bond motifs is 1. The molecule has 0 fully saturated rings. The summed E-state index contributed by atoms with van der Waals surface area (Å²) in [6.45, 7) is 0.360. The van der Waals surface area contributed by atoms with Crippen LogP contribution in [0.1, 0.15) is 0 Å². The Morgan fingerprint density at radius 3 is 1.69 bits per heavy atom. The average molecular weight is 232 g/mol. The van der Waals surface area contributed by atoms with Gasteiger partial charge in [-0.1, -0.05) is 30.3 Å². The van der Waals surface area contributed by atoms with Crippen molar-refractivity contribution in [3.63, 3.8) is 0 Å². The summed E-state index contributed by atoms with van der Waals surface area (Å²) >= 11 is 4.08. The lowest BCUT2D eigenvalue weighted by Gasteiger charge is -1.89. The molecule has 3 heteroatoms. The number of thiol groups is 1. The molecule has 0 saturated carbocycles. The summed E-state index contributed by atoms with van der Waals surface area (Å²) in [6, 6.07) is 17.4. The van der Waals surface area contributed by atoms with Crippen molar-refractivity contribution in [1.82, 2.24) is 0 Å². The maximum Gasteiger partial charge on any atom is 0.231 e. The van der Waals surface area contributed by atoms with Gasteiger partial charge in [-0.2, -0.15) is 0 Å². The van der Waals surface area contributed by atoms with E-state index in [0.717, 1.165) is 16.4 Å². The third-order valence-electron chi connectivity index (χ3n) is 2.03. The second-order valence-corrected chi connectivity index (χ2v) is 3.71. The van der Waals surface area contributed by atoms with E-state index in [0.29, 0.717) is 6.79 Å². The summed E-state index contributed by atoms with van der Waals surface area (Å²) in [7, 11) is 0. The fourth-order valence-corrected chi connectivity index (χ4v) is 1.45. The minimum atomic E-state index is 0.360. The Hall–Kier alpha value is -1.61. The Morgan fingerprint density at radius 2 is 1.25 bits per heavy atom. The Bertz CT molecular complexity index is 420. The molecule has 0 amide bonds. The summed E-state index contributed by atoms with van der Waals surface area (Å²) < 4.78 is 10.2. The Morgan fingerprint density at radius 1 is 0.750 bits per heavy atom. The van der Waals surface area contributed by atoms with Crippen LogP contribution >= 0.6 is 12.6 Å². The van der Waals surface area contributed by atoms with Crippen LogP contribution in [-0.4, -0.2) is 6.79 Å². The van der Waals surface area contributed by atoms with Gasteiger partial charge in [-0.15, -0.1) is 12.6 Å². The molecule has 0 spiro atoms. The predicted octanol–water partition coefficient (Wildman–Crippen LogP) is 3.39. The van der Waals surface area contributed by atoms with Crippen molar-refractivity contribution in [2.24, 2.45) is 0 Å². The van der Waals surface area contributed by atoms with E-state index in [9.17, 15) is 0 Å². The van der Waals surface area contributed by atoms with E-state index in [4.69, 9.17) is 9.47 Å². The molecule has 3 rings (SSSR count). The topological polar surface area (TPSA) is 18.5 Å². The van der Waals surface area contributed by atoms with Gasteiger partial charge >= 0.3 is 0 Å². The van der Waals surface area contributed by atoms with E-state index in [-0.39, 0.29) is 0 Å². The molecular formula is C13H12O2S. The molecule has 0 radical (unpaired) electrons. The van der Waals surface area contributed by atoms with Gasteiger partial charge in [0.15, 0.2) is 11.5 Å². The number of rotatable bonds is 0. The quantitative estimate of drug-likeness (QED) is 0.702. The van der Waals surface area contributed by atoms with E-state index in [1.165, 1.54) is 0 Å². The smallest absolute Gasteiger partial charge is 0.231 e. The summed E-state index contributed by atoms with van der Waals surface area (Å²) in [5.74, 6) is 1.69. The lowest BCUT2D eigenvalue weighted by molar-refractivity contribution is 0.174. The highest BCUT2D eigenvalue weighted by molar-refractivity contribution is 7.80. The van der Waals surface area contributed by atoms with Gasteiger partial charge in [0.1, 0.15) is 0 Å². The molecule has 0 aliphatic carbocycles. The first-order valence-corrected chi connectivity index (χ1v) is 5.39. The number of ether oxygens (including phenoxy) is 2. The molecule has 0 atom stereocenters. The molecule has 0 saturated heterocycles. The fraction of sp³-hybridized carbons (Fsp3) is 0.0769. The van der Waals surface area contributed by atoms with Crippen molar-refractivity contribution in [2.45, 2.75) is 4.90 Å². The van der Waals surface area contributed by atoms with E-state index in [1.54, 1.807) is 0 Å². The van der Waals surface area contributed by atoms with Crippen LogP contribution in [0, 0.1) is 0 Å². The van der Waals surface area contributed by atoms with Crippen LogP contribution in [0.3, 0.4) is 0 Å². The van der Waals surface area contributed by atoms with Gasteiger partial charge in [0.05, 0.1) is 0 Å². The van der Waals surface area contributed by atoms with Gasteiger partial charge in [-0.05, 0) is 24.3 Å². The molecule has 82 valence electrons. The van der Waals surface area contributed by atoms with Crippen molar-refractivity contribution >= 4 is 12.6 Å². The van der Waals surface area contributed by atoms with Crippen molar-refractivity contribution in [3.8, 4) is 11.5 Å². The van der Waals surface area contributed by atoms with Gasteiger partial charge in [-0.3, -0.25) is 0 Å². The lowest BCUT2D eigenvalue weighted by atomic mass is 10.3. The molecule has 1 aliphatic heterocycles. The minimum absolute atomic E-state index is 0.360. The molecule has 0 N–H and O–H groups in total. The number of hydrogen-bond acceptors (Lipinski definition) is 3. The third-order valence-corrected chi connectivity index (χ3v) is 2.33. The molecular weight excluding hydrogens is 220 g/mol.